The van der Waals surface area contributed by atoms with Crippen LogP contribution in [0.1, 0.15) is 23.0 Å². The van der Waals surface area contributed by atoms with Crippen molar-refractivity contribution in [2.75, 3.05) is 7.05 Å². The molecule has 0 radical (unpaired) electrons. The first-order chi connectivity index (χ1) is 12.6. The van der Waals surface area contributed by atoms with Crippen molar-refractivity contribution in [3.63, 3.8) is 0 Å². The zero-order valence-corrected chi connectivity index (χ0v) is 14.7. The van der Waals surface area contributed by atoms with E-state index in [2.05, 4.69) is 22.2 Å². The maximum Gasteiger partial charge on any atom is 0.416 e. The van der Waals surface area contributed by atoms with Crippen molar-refractivity contribution in [3.05, 3.63) is 65.9 Å². The van der Waals surface area contributed by atoms with Gasteiger partial charge in [0, 0.05) is 12.6 Å². The SMILES string of the molecule is C=C(C)[C@H](NC(=O)c1cccc(-c2cccc(C(F)(F)F)c2)n1)C(=O)NC. The van der Waals surface area contributed by atoms with Crippen molar-refractivity contribution < 1.29 is 22.8 Å². The molecule has 1 heterocycles. The highest BCUT2D eigenvalue weighted by molar-refractivity contribution is 5.97. The van der Waals surface area contributed by atoms with Gasteiger partial charge in [0.25, 0.3) is 5.91 Å². The molecule has 27 heavy (non-hydrogen) atoms. The second kappa shape index (κ2) is 8.03. The second-order valence-electron chi connectivity index (χ2n) is 5.85. The van der Waals surface area contributed by atoms with Gasteiger partial charge in [-0.3, -0.25) is 9.59 Å². The number of alkyl halides is 3. The maximum absolute atomic E-state index is 12.9. The van der Waals surface area contributed by atoms with Crippen LogP contribution in [0.2, 0.25) is 0 Å². The Morgan fingerprint density at radius 3 is 2.41 bits per heavy atom. The Bertz CT molecular complexity index is 878. The smallest absolute Gasteiger partial charge is 0.357 e. The molecule has 0 spiro atoms. The standard InChI is InChI=1S/C19H18F3N3O2/c1-11(2)16(18(27)23-3)25-17(26)15-9-5-8-14(24-15)12-6-4-7-13(10-12)19(20,21)22/h4-10,16H,1H2,2-3H3,(H,23,27)(H,25,26)/t16-/m0/s1. The second-order valence-corrected chi connectivity index (χ2v) is 5.85. The van der Waals surface area contributed by atoms with Gasteiger partial charge in [-0.2, -0.15) is 13.2 Å². The third kappa shape index (κ3) is 4.93. The number of benzene rings is 1. The number of halogens is 3. The van der Waals surface area contributed by atoms with Crippen molar-refractivity contribution in [2.45, 2.75) is 19.1 Å². The molecule has 2 amide bonds. The Labute approximate surface area is 154 Å². The van der Waals surface area contributed by atoms with Crippen molar-refractivity contribution >= 4 is 11.8 Å². The Kier molecular flexibility index (Phi) is 5.99. The van der Waals surface area contributed by atoms with Crippen LogP contribution in [-0.2, 0) is 11.0 Å². The molecule has 142 valence electrons. The van der Waals surface area contributed by atoms with E-state index in [0.29, 0.717) is 5.57 Å². The molecule has 0 aliphatic rings. The average Bonchev–Trinajstić information content (AvgIpc) is 2.64. The summed E-state index contributed by atoms with van der Waals surface area (Å²) in [6.45, 7) is 5.26. The molecule has 2 rings (SSSR count). The van der Waals surface area contributed by atoms with E-state index in [-0.39, 0.29) is 17.0 Å². The van der Waals surface area contributed by atoms with E-state index in [1.54, 1.807) is 6.92 Å². The van der Waals surface area contributed by atoms with Crippen LogP contribution in [0.3, 0.4) is 0 Å². The van der Waals surface area contributed by atoms with Crippen molar-refractivity contribution in [3.8, 4) is 11.3 Å². The zero-order chi connectivity index (χ0) is 20.2. The molecule has 2 N–H and O–H groups in total. The minimum Gasteiger partial charge on any atom is -0.357 e. The summed E-state index contributed by atoms with van der Waals surface area (Å²) in [5, 5.41) is 4.92. The minimum atomic E-state index is -4.48. The number of carbonyl (C=O) groups is 2. The predicted molar refractivity (Wildman–Crippen MR) is 94.8 cm³/mol. The number of rotatable bonds is 5. The van der Waals surface area contributed by atoms with Crippen LogP contribution in [0.5, 0.6) is 0 Å². The summed E-state index contributed by atoms with van der Waals surface area (Å²) in [7, 11) is 1.43. The summed E-state index contributed by atoms with van der Waals surface area (Å²) in [6.07, 6.45) is -4.48. The first kappa shape index (κ1) is 20.2. The largest absolute Gasteiger partial charge is 0.416 e. The highest BCUT2D eigenvalue weighted by Gasteiger charge is 2.30. The van der Waals surface area contributed by atoms with E-state index < -0.39 is 29.6 Å². The van der Waals surface area contributed by atoms with E-state index in [9.17, 15) is 22.8 Å². The van der Waals surface area contributed by atoms with E-state index in [1.165, 1.54) is 37.4 Å². The van der Waals surface area contributed by atoms with Crippen molar-refractivity contribution in [1.29, 1.82) is 0 Å². The lowest BCUT2D eigenvalue weighted by atomic mass is 10.1. The molecule has 0 saturated heterocycles. The lowest BCUT2D eigenvalue weighted by molar-refractivity contribution is -0.137. The van der Waals surface area contributed by atoms with Gasteiger partial charge in [0.15, 0.2) is 0 Å². The highest BCUT2D eigenvalue weighted by atomic mass is 19.4. The Morgan fingerprint density at radius 1 is 1.15 bits per heavy atom. The lowest BCUT2D eigenvalue weighted by Gasteiger charge is -2.17. The fraction of sp³-hybridized carbons (Fsp3) is 0.211. The summed E-state index contributed by atoms with van der Waals surface area (Å²) in [5.41, 5.74) is 0.0261. The molecule has 5 nitrogen and oxygen atoms in total. The molecule has 2 aromatic rings. The van der Waals surface area contributed by atoms with Crippen LogP contribution < -0.4 is 10.6 Å². The molecular weight excluding hydrogens is 359 g/mol. The Morgan fingerprint density at radius 2 is 1.81 bits per heavy atom. The van der Waals surface area contributed by atoms with Crippen LogP contribution >= 0.6 is 0 Å². The Hall–Kier alpha value is -3.16. The van der Waals surface area contributed by atoms with Crippen LogP contribution in [-0.4, -0.2) is 29.9 Å². The lowest BCUT2D eigenvalue weighted by Crippen LogP contribution is -2.46. The average molecular weight is 377 g/mol. The molecule has 0 fully saturated rings. The highest BCUT2D eigenvalue weighted by Crippen LogP contribution is 2.31. The fourth-order valence-electron chi connectivity index (χ4n) is 2.34. The van der Waals surface area contributed by atoms with Crippen LogP contribution in [0, 0.1) is 0 Å². The van der Waals surface area contributed by atoms with Gasteiger partial charge in [0.05, 0.1) is 11.3 Å². The van der Waals surface area contributed by atoms with E-state index in [0.717, 1.165) is 12.1 Å². The third-order valence-electron chi connectivity index (χ3n) is 3.74. The number of nitrogens with zero attached hydrogens (tertiary/aromatic N) is 1. The molecule has 0 bridgehead atoms. The number of likely N-dealkylation sites (N-methyl/N-ethyl adjacent to an activating group) is 1. The third-order valence-corrected chi connectivity index (χ3v) is 3.74. The van der Waals surface area contributed by atoms with Gasteiger partial charge in [-0.15, -0.1) is 0 Å². The van der Waals surface area contributed by atoms with Crippen LogP contribution in [0.15, 0.2) is 54.6 Å². The molecular formula is C19H18F3N3O2. The number of aromatic nitrogens is 1. The topological polar surface area (TPSA) is 71.1 Å². The molecule has 0 aliphatic carbocycles. The van der Waals surface area contributed by atoms with Gasteiger partial charge in [-0.25, -0.2) is 4.98 Å². The summed E-state index contributed by atoms with van der Waals surface area (Å²) < 4.78 is 38.7. The van der Waals surface area contributed by atoms with E-state index in [4.69, 9.17) is 0 Å². The Balaban J connectivity index is 2.31. The van der Waals surface area contributed by atoms with Gasteiger partial charge >= 0.3 is 6.18 Å². The van der Waals surface area contributed by atoms with Crippen molar-refractivity contribution in [2.24, 2.45) is 0 Å². The normalized spacial score (nSPS) is 12.2. The van der Waals surface area contributed by atoms with Gasteiger partial charge in [-0.1, -0.05) is 24.8 Å². The van der Waals surface area contributed by atoms with Crippen LogP contribution in [0.4, 0.5) is 13.2 Å². The minimum absolute atomic E-state index is 0.0277. The van der Waals surface area contributed by atoms with Gasteiger partial charge in [0.1, 0.15) is 11.7 Å². The summed E-state index contributed by atoms with van der Waals surface area (Å²) >= 11 is 0. The van der Waals surface area contributed by atoms with Crippen LogP contribution in [0.25, 0.3) is 11.3 Å². The fourth-order valence-corrected chi connectivity index (χ4v) is 2.34. The summed E-state index contributed by atoms with van der Waals surface area (Å²) in [4.78, 5) is 28.4. The number of pyridine rings is 1. The first-order valence-electron chi connectivity index (χ1n) is 7.96. The number of amides is 2. The zero-order valence-electron chi connectivity index (χ0n) is 14.7. The maximum atomic E-state index is 12.9. The quantitative estimate of drug-likeness (QED) is 0.787. The molecule has 0 unspecified atom stereocenters. The molecule has 1 aromatic carbocycles. The molecule has 0 aliphatic heterocycles. The molecule has 8 heteroatoms. The van der Waals surface area contributed by atoms with Crippen molar-refractivity contribution in [1.82, 2.24) is 15.6 Å². The summed E-state index contributed by atoms with van der Waals surface area (Å²) in [6, 6.07) is 8.14. The molecule has 1 aromatic heterocycles. The van der Waals surface area contributed by atoms with E-state index >= 15 is 0 Å². The number of hydrogen-bond donors (Lipinski definition) is 2. The monoisotopic (exact) mass is 377 g/mol. The molecule has 0 saturated carbocycles. The van der Waals surface area contributed by atoms with Gasteiger partial charge < -0.3 is 10.6 Å². The number of hydrogen-bond acceptors (Lipinski definition) is 3. The number of nitrogens with one attached hydrogen (secondary N) is 2. The molecule has 1 atom stereocenters. The van der Waals surface area contributed by atoms with Gasteiger partial charge in [0.2, 0.25) is 5.91 Å². The predicted octanol–water partition coefficient (Wildman–Crippen LogP) is 3.19. The van der Waals surface area contributed by atoms with Gasteiger partial charge in [-0.05, 0) is 36.8 Å². The van der Waals surface area contributed by atoms with E-state index in [1.807, 2.05) is 0 Å². The summed E-state index contributed by atoms with van der Waals surface area (Å²) in [5.74, 6) is -1.08. The first-order valence-corrected chi connectivity index (χ1v) is 7.96. The number of carbonyl (C=O) groups excluding carboxylic acids is 2.